The van der Waals surface area contributed by atoms with Gasteiger partial charge in [0.1, 0.15) is 5.82 Å². The highest BCUT2D eigenvalue weighted by atomic mass is 19.1. The van der Waals surface area contributed by atoms with Crippen LogP contribution in [0.4, 0.5) is 4.39 Å². The van der Waals surface area contributed by atoms with Crippen LogP contribution in [0.2, 0.25) is 0 Å². The Labute approximate surface area is 168 Å². The molecule has 0 aliphatic heterocycles. The highest BCUT2D eigenvalue weighted by Gasteiger charge is 2.34. The van der Waals surface area contributed by atoms with Crippen molar-refractivity contribution in [2.75, 3.05) is 6.54 Å². The molecule has 1 N–H and O–H groups in total. The smallest absolute Gasteiger partial charge is 0.330 e. The summed E-state index contributed by atoms with van der Waals surface area (Å²) in [6.45, 7) is 0.451. The van der Waals surface area contributed by atoms with Gasteiger partial charge < -0.3 is 9.88 Å². The summed E-state index contributed by atoms with van der Waals surface area (Å²) < 4.78 is 15.6. The monoisotopic (exact) mass is 399 g/mol. The van der Waals surface area contributed by atoms with E-state index < -0.39 is 11.2 Å². The summed E-state index contributed by atoms with van der Waals surface area (Å²) in [6.07, 6.45) is 9.30. The van der Waals surface area contributed by atoms with E-state index in [9.17, 15) is 18.8 Å². The fraction of sp³-hybridized carbons (Fsp3) is 0.409. The van der Waals surface area contributed by atoms with Crippen LogP contribution < -0.4 is 16.6 Å². The van der Waals surface area contributed by atoms with E-state index in [4.69, 9.17) is 0 Å². The fourth-order valence-electron chi connectivity index (χ4n) is 4.03. The van der Waals surface area contributed by atoms with Crippen molar-refractivity contribution in [3.8, 4) is 0 Å². The SMILES string of the molecule is Cn1cc(C=CC(=O)NCC2(c3ccc(F)cc3)CCCCC2)c(=O)n(C)c1=O. The Kier molecular flexibility index (Phi) is 6.15. The molecule has 0 saturated heterocycles. The number of aryl methyl sites for hydroxylation is 1. The normalized spacial score (nSPS) is 16.1. The molecule has 1 saturated carbocycles. The summed E-state index contributed by atoms with van der Waals surface area (Å²) in [4.78, 5) is 36.3. The zero-order valence-electron chi connectivity index (χ0n) is 16.8. The third-order valence-electron chi connectivity index (χ3n) is 5.76. The van der Waals surface area contributed by atoms with Gasteiger partial charge in [-0.05, 0) is 36.6 Å². The highest BCUT2D eigenvalue weighted by Crippen LogP contribution is 2.39. The van der Waals surface area contributed by atoms with Gasteiger partial charge in [-0.1, -0.05) is 31.4 Å². The standard InChI is InChI=1S/C22H26FN3O3/c1-25-14-16(20(28)26(2)21(25)29)6-11-19(27)24-15-22(12-4-3-5-13-22)17-7-9-18(23)10-8-17/h6-11,14H,3-5,12-13,15H2,1-2H3,(H,24,27). The molecule has 1 aromatic carbocycles. The fourth-order valence-corrected chi connectivity index (χ4v) is 4.03. The van der Waals surface area contributed by atoms with Gasteiger partial charge in [0.25, 0.3) is 5.56 Å². The van der Waals surface area contributed by atoms with Gasteiger partial charge in [-0.25, -0.2) is 9.18 Å². The van der Waals surface area contributed by atoms with Crippen molar-refractivity contribution in [1.29, 1.82) is 0 Å². The molecular weight excluding hydrogens is 373 g/mol. The van der Waals surface area contributed by atoms with Crippen LogP contribution in [0.25, 0.3) is 6.08 Å². The number of carbonyl (C=O) groups is 1. The van der Waals surface area contributed by atoms with Crippen molar-refractivity contribution in [1.82, 2.24) is 14.5 Å². The second kappa shape index (κ2) is 8.59. The van der Waals surface area contributed by atoms with Gasteiger partial charge in [-0.15, -0.1) is 0 Å². The van der Waals surface area contributed by atoms with Gasteiger partial charge in [-0.3, -0.25) is 14.2 Å². The van der Waals surface area contributed by atoms with Crippen LogP contribution >= 0.6 is 0 Å². The third-order valence-corrected chi connectivity index (χ3v) is 5.76. The summed E-state index contributed by atoms with van der Waals surface area (Å²) in [5.74, 6) is -0.585. The molecule has 0 radical (unpaired) electrons. The van der Waals surface area contributed by atoms with E-state index in [1.807, 2.05) is 0 Å². The Bertz CT molecular complexity index is 1030. The quantitative estimate of drug-likeness (QED) is 0.784. The van der Waals surface area contributed by atoms with Crippen LogP contribution in [-0.2, 0) is 24.3 Å². The molecule has 1 amide bonds. The number of benzene rings is 1. The minimum absolute atomic E-state index is 0.206. The van der Waals surface area contributed by atoms with Crippen LogP contribution in [-0.4, -0.2) is 21.6 Å². The molecule has 0 spiro atoms. The molecule has 0 unspecified atom stereocenters. The lowest BCUT2D eigenvalue weighted by atomic mass is 9.69. The van der Waals surface area contributed by atoms with Crippen LogP contribution in [0.15, 0.2) is 46.1 Å². The zero-order valence-corrected chi connectivity index (χ0v) is 16.8. The lowest BCUT2D eigenvalue weighted by molar-refractivity contribution is -0.116. The highest BCUT2D eigenvalue weighted by molar-refractivity contribution is 5.91. The summed E-state index contributed by atoms with van der Waals surface area (Å²) in [5.41, 5.74) is 0.218. The second-order valence-electron chi connectivity index (χ2n) is 7.74. The number of halogens is 1. The molecule has 0 atom stereocenters. The maximum Gasteiger partial charge on any atom is 0.330 e. The van der Waals surface area contributed by atoms with E-state index in [2.05, 4.69) is 5.32 Å². The molecule has 1 aliphatic carbocycles. The predicted molar refractivity (Wildman–Crippen MR) is 110 cm³/mol. The Hall–Kier alpha value is -2.96. The van der Waals surface area contributed by atoms with E-state index in [1.165, 1.54) is 42.1 Å². The largest absolute Gasteiger partial charge is 0.352 e. The second-order valence-corrected chi connectivity index (χ2v) is 7.74. The van der Waals surface area contributed by atoms with E-state index in [0.717, 1.165) is 42.2 Å². The van der Waals surface area contributed by atoms with Crippen molar-refractivity contribution >= 4 is 12.0 Å². The Morgan fingerprint density at radius 3 is 2.45 bits per heavy atom. The van der Waals surface area contributed by atoms with Crippen molar-refractivity contribution in [2.45, 2.75) is 37.5 Å². The van der Waals surface area contributed by atoms with Crippen molar-refractivity contribution < 1.29 is 9.18 Å². The zero-order chi connectivity index (χ0) is 21.0. The van der Waals surface area contributed by atoms with Crippen LogP contribution in [0.5, 0.6) is 0 Å². The van der Waals surface area contributed by atoms with Crippen molar-refractivity contribution in [3.63, 3.8) is 0 Å². The van der Waals surface area contributed by atoms with Crippen LogP contribution in [0, 0.1) is 5.82 Å². The molecule has 1 fully saturated rings. The van der Waals surface area contributed by atoms with Gasteiger partial charge in [0.15, 0.2) is 0 Å². The number of hydrogen-bond acceptors (Lipinski definition) is 3. The lowest BCUT2D eigenvalue weighted by Crippen LogP contribution is -2.41. The first kappa shape index (κ1) is 20.8. The van der Waals surface area contributed by atoms with E-state index in [0.29, 0.717) is 6.54 Å². The maximum absolute atomic E-state index is 13.3. The first-order valence-corrected chi connectivity index (χ1v) is 9.81. The van der Waals surface area contributed by atoms with Crippen LogP contribution in [0.3, 0.4) is 0 Å². The predicted octanol–water partition coefficient (Wildman–Crippen LogP) is 2.25. The minimum atomic E-state index is -0.452. The molecule has 3 rings (SSSR count). The number of amides is 1. The minimum Gasteiger partial charge on any atom is -0.352 e. The van der Waals surface area contributed by atoms with Gasteiger partial charge in [0, 0.05) is 38.3 Å². The molecule has 2 aromatic rings. The Morgan fingerprint density at radius 1 is 1.14 bits per heavy atom. The Morgan fingerprint density at radius 2 is 1.79 bits per heavy atom. The molecule has 1 aromatic heterocycles. The van der Waals surface area contributed by atoms with Gasteiger partial charge in [0.2, 0.25) is 5.91 Å². The van der Waals surface area contributed by atoms with E-state index >= 15 is 0 Å². The van der Waals surface area contributed by atoms with Gasteiger partial charge in [0.05, 0.1) is 5.56 Å². The van der Waals surface area contributed by atoms with Gasteiger partial charge >= 0.3 is 5.69 Å². The molecule has 29 heavy (non-hydrogen) atoms. The van der Waals surface area contributed by atoms with Crippen molar-refractivity contribution in [3.05, 3.63) is 74.3 Å². The van der Waals surface area contributed by atoms with Crippen LogP contribution in [0.1, 0.15) is 43.2 Å². The summed E-state index contributed by atoms with van der Waals surface area (Å²) in [6, 6.07) is 6.53. The number of nitrogens with zero attached hydrogens (tertiary/aromatic N) is 2. The number of rotatable bonds is 5. The Balaban J connectivity index is 1.74. The molecule has 6 nitrogen and oxygen atoms in total. The first-order valence-electron chi connectivity index (χ1n) is 9.81. The number of aromatic nitrogens is 2. The maximum atomic E-state index is 13.3. The summed E-state index contributed by atoms with van der Waals surface area (Å²) in [5, 5.41) is 2.94. The average molecular weight is 399 g/mol. The average Bonchev–Trinajstić information content (AvgIpc) is 2.73. The van der Waals surface area contributed by atoms with Crippen molar-refractivity contribution in [2.24, 2.45) is 14.1 Å². The topological polar surface area (TPSA) is 73.1 Å². The molecule has 1 aliphatic rings. The number of hydrogen-bond donors (Lipinski definition) is 1. The molecule has 154 valence electrons. The molecule has 7 heteroatoms. The van der Waals surface area contributed by atoms with Gasteiger partial charge in [-0.2, -0.15) is 0 Å². The molecule has 0 bridgehead atoms. The van der Waals surface area contributed by atoms with E-state index in [1.54, 1.807) is 19.2 Å². The molecular formula is C22H26FN3O3. The molecule has 1 heterocycles. The first-order chi connectivity index (χ1) is 13.8. The summed E-state index contributed by atoms with van der Waals surface area (Å²) in [7, 11) is 2.95. The summed E-state index contributed by atoms with van der Waals surface area (Å²) >= 11 is 0. The van der Waals surface area contributed by atoms with E-state index in [-0.39, 0.29) is 22.7 Å². The third kappa shape index (κ3) is 4.55. The number of carbonyl (C=O) groups excluding carboxylic acids is 1. The number of nitrogens with one attached hydrogen (secondary N) is 1. The lowest BCUT2D eigenvalue weighted by Gasteiger charge is -2.38.